The van der Waals surface area contributed by atoms with E-state index in [-0.39, 0.29) is 35.6 Å². The van der Waals surface area contributed by atoms with Gasteiger partial charge in [-0.25, -0.2) is 4.99 Å². The summed E-state index contributed by atoms with van der Waals surface area (Å²) in [5.41, 5.74) is 1.71. The third-order valence-corrected chi connectivity index (χ3v) is 4.09. The molecule has 7 nitrogen and oxygen atoms in total. The maximum Gasteiger partial charge on any atom is 0.291 e. The SMILES string of the molecule is CCCCOCCCNC(=NCc1cccc(NC(=O)c2ccco2)c1)NCC.I. The molecule has 0 aliphatic heterocycles. The number of guanidine groups is 1. The number of amides is 1. The van der Waals surface area contributed by atoms with Crippen LogP contribution in [0.2, 0.25) is 0 Å². The van der Waals surface area contributed by atoms with Gasteiger partial charge in [-0.05, 0) is 49.6 Å². The van der Waals surface area contributed by atoms with Gasteiger partial charge >= 0.3 is 0 Å². The summed E-state index contributed by atoms with van der Waals surface area (Å²) in [4.78, 5) is 16.7. The molecule has 0 spiro atoms. The number of anilines is 1. The molecular formula is C22H33IN4O3. The first-order valence-corrected chi connectivity index (χ1v) is 10.3. The van der Waals surface area contributed by atoms with Gasteiger partial charge in [-0.3, -0.25) is 4.79 Å². The van der Waals surface area contributed by atoms with Gasteiger partial charge in [0.25, 0.3) is 5.91 Å². The molecule has 1 heterocycles. The van der Waals surface area contributed by atoms with E-state index in [4.69, 9.17) is 9.15 Å². The van der Waals surface area contributed by atoms with Crippen LogP contribution in [0.1, 0.15) is 49.2 Å². The lowest BCUT2D eigenvalue weighted by atomic mass is 10.2. The Morgan fingerprint density at radius 3 is 2.67 bits per heavy atom. The highest BCUT2D eigenvalue weighted by Gasteiger charge is 2.08. The summed E-state index contributed by atoms with van der Waals surface area (Å²) in [6.45, 7) is 7.88. The van der Waals surface area contributed by atoms with E-state index >= 15 is 0 Å². The number of hydrogen-bond donors (Lipinski definition) is 3. The van der Waals surface area contributed by atoms with Crippen LogP contribution >= 0.6 is 24.0 Å². The Kier molecular flexibility index (Phi) is 13.6. The van der Waals surface area contributed by atoms with Crippen LogP contribution in [0.5, 0.6) is 0 Å². The summed E-state index contributed by atoms with van der Waals surface area (Å²) in [6.07, 6.45) is 4.68. The molecule has 1 aromatic heterocycles. The summed E-state index contributed by atoms with van der Waals surface area (Å²) in [5.74, 6) is 0.781. The number of aliphatic imine (C=N–C) groups is 1. The molecule has 3 N–H and O–H groups in total. The largest absolute Gasteiger partial charge is 0.459 e. The number of halogens is 1. The predicted molar refractivity (Wildman–Crippen MR) is 132 cm³/mol. The van der Waals surface area contributed by atoms with Crippen molar-refractivity contribution in [2.24, 2.45) is 4.99 Å². The highest BCUT2D eigenvalue weighted by molar-refractivity contribution is 14.0. The van der Waals surface area contributed by atoms with Gasteiger partial charge in [0.1, 0.15) is 0 Å². The molecule has 166 valence electrons. The highest BCUT2D eigenvalue weighted by Crippen LogP contribution is 2.13. The molecule has 0 fully saturated rings. The fourth-order valence-corrected chi connectivity index (χ4v) is 2.59. The lowest BCUT2D eigenvalue weighted by Crippen LogP contribution is -2.38. The van der Waals surface area contributed by atoms with Gasteiger partial charge < -0.3 is 25.1 Å². The van der Waals surface area contributed by atoms with Crippen LogP contribution in [-0.2, 0) is 11.3 Å². The van der Waals surface area contributed by atoms with Crippen LogP contribution < -0.4 is 16.0 Å². The van der Waals surface area contributed by atoms with E-state index in [9.17, 15) is 4.79 Å². The van der Waals surface area contributed by atoms with E-state index in [0.717, 1.165) is 57.1 Å². The first-order valence-electron chi connectivity index (χ1n) is 10.3. The smallest absolute Gasteiger partial charge is 0.291 e. The average Bonchev–Trinajstić information content (AvgIpc) is 3.26. The fourth-order valence-electron chi connectivity index (χ4n) is 2.59. The summed E-state index contributed by atoms with van der Waals surface area (Å²) in [6, 6.07) is 11.0. The van der Waals surface area contributed by atoms with Gasteiger partial charge in [-0.15, -0.1) is 24.0 Å². The van der Waals surface area contributed by atoms with E-state index in [1.165, 1.54) is 6.26 Å². The standard InChI is InChI=1S/C22H32N4O3.HI/c1-3-5-13-28-14-8-12-24-22(23-4-2)25-17-18-9-6-10-19(16-18)26-21(27)20-11-7-15-29-20;/h6-7,9-11,15-16H,3-5,8,12-14,17H2,1-2H3,(H,26,27)(H2,23,24,25);1H. The number of benzene rings is 1. The predicted octanol–water partition coefficient (Wildman–Crippen LogP) is 4.41. The lowest BCUT2D eigenvalue weighted by Gasteiger charge is -2.12. The van der Waals surface area contributed by atoms with E-state index in [0.29, 0.717) is 12.2 Å². The van der Waals surface area contributed by atoms with Crippen molar-refractivity contribution < 1.29 is 13.9 Å². The zero-order chi connectivity index (χ0) is 20.7. The Bertz CT molecular complexity index is 751. The Balaban J connectivity index is 0.00000450. The fraction of sp³-hybridized carbons (Fsp3) is 0.455. The molecule has 0 unspecified atom stereocenters. The number of rotatable bonds is 12. The molecule has 0 atom stereocenters. The molecule has 0 saturated carbocycles. The normalized spacial score (nSPS) is 10.9. The van der Waals surface area contributed by atoms with E-state index < -0.39 is 0 Å². The van der Waals surface area contributed by atoms with Gasteiger partial charge in [0.05, 0.1) is 12.8 Å². The quantitative estimate of drug-likeness (QED) is 0.164. The zero-order valence-corrected chi connectivity index (χ0v) is 20.1. The van der Waals surface area contributed by atoms with Crippen LogP contribution in [0.3, 0.4) is 0 Å². The van der Waals surface area contributed by atoms with Crippen molar-refractivity contribution in [3.05, 3.63) is 54.0 Å². The molecule has 2 rings (SSSR count). The molecular weight excluding hydrogens is 495 g/mol. The Morgan fingerprint density at radius 1 is 1.10 bits per heavy atom. The van der Waals surface area contributed by atoms with Crippen LogP contribution in [-0.4, -0.2) is 38.2 Å². The van der Waals surface area contributed by atoms with Crippen LogP contribution in [0.25, 0.3) is 0 Å². The topological polar surface area (TPSA) is 87.9 Å². The number of nitrogens with one attached hydrogen (secondary N) is 3. The molecule has 2 aromatic rings. The first kappa shape index (κ1) is 26.0. The van der Waals surface area contributed by atoms with Gasteiger partial charge in [0, 0.05) is 32.0 Å². The van der Waals surface area contributed by atoms with Gasteiger partial charge in [0.15, 0.2) is 11.7 Å². The summed E-state index contributed by atoms with van der Waals surface area (Å²) in [5, 5.41) is 9.40. The number of hydrogen-bond acceptors (Lipinski definition) is 4. The van der Waals surface area contributed by atoms with Crippen LogP contribution in [0, 0.1) is 0 Å². The lowest BCUT2D eigenvalue weighted by molar-refractivity contribution is 0.0996. The maximum absolute atomic E-state index is 12.1. The molecule has 1 aromatic carbocycles. The van der Waals surface area contributed by atoms with Crippen molar-refractivity contribution in [3.63, 3.8) is 0 Å². The second kappa shape index (κ2) is 15.7. The van der Waals surface area contributed by atoms with Crippen LogP contribution in [0.15, 0.2) is 52.1 Å². The number of unbranched alkanes of at least 4 members (excludes halogenated alkanes) is 1. The number of furan rings is 1. The van der Waals surface area contributed by atoms with E-state index in [1.807, 2.05) is 31.2 Å². The van der Waals surface area contributed by atoms with Crippen molar-refractivity contribution >= 4 is 41.5 Å². The highest BCUT2D eigenvalue weighted by atomic mass is 127. The number of ether oxygens (including phenoxy) is 1. The molecule has 1 amide bonds. The number of carbonyl (C=O) groups is 1. The monoisotopic (exact) mass is 528 g/mol. The second-order valence-corrected chi connectivity index (χ2v) is 6.57. The average molecular weight is 528 g/mol. The van der Waals surface area contributed by atoms with E-state index in [2.05, 4.69) is 27.9 Å². The number of nitrogens with zero attached hydrogens (tertiary/aromatic N) is 1. The third kappa shape index (κ3) is 10.1. The molecule has 0 aliphatic carbocycles. The Labute approximate surface area is 196 Å². The van der Waals surface area contributed by atoms with Gasteiger partial charge in [-0.1, -0.05) is 25.5 Å². The van der Waals surface area contributed by atoms with Gasteiger partial charge in [-0.2, -0.15) is 0 Å². The Morgan fingerprint density at radius 2 is 1.93 bits per heavy atom. The minimum atomic E-state index is -0.271. The summed E-state index contributed by atoms with van der Waals surface area (Å²) < 4.78 is 10.7. The summed E-state index contributed by atoms with van der Waals surface area (Å²) in [7, 11) is 0. The van der Waals surface area contributed by atoms with E-state index in [1.54, 1.807) is 12.1 Å². The molecule has 0 radical (unpaired) electrons. The van der Waals surface area contributed by atoms with Crippen molar-refractivity contribution in [2.45, 2.75) is 39.7 Å². The van der Waals surface area contributed by atoms with Crippen molar-refractivity contribution in [2.75, 3.05) is 31.6 Å². The zero-order valence-electron chi connectivity index (χ0n) is 17.8. The minimum Gasteiger partial charge on any atom is -0.459 e. The molecule has 0 saturated heterocycles. The second-order valence-electron chi connectivity index (χ2n) is 6.57. The van der Waals surface area contributed by atoms with Crippen molar-refractivity contribution in [1.29, 1.82) is 0 Å². The van der Waals surface area contributed by atoms with Gasteiger partial charge in [0.2, 0.25) is 0 Å². The Hall–Kier alpha value is -2.07. The first-order chi connectivity index (χ1) is 14.2. The van der Waals surface area contributed by atoms with Crippen molar-refractivity contribution in [3.8, 4) is 0 Å². The molecule has 8 heteroatoms. The number of carbonyl (C=O) groups excluding carboxylic acids is 1. The minimum absolute atomic E-state index is 0. The molecule has 30 heavy (non-hydrogen) atoms. The maximum atomic E-state index is 12.1. The summed E-state index contributed by atoms with van der Waals surface area (Å²) >= 11 is 0. The van der Waals surface area contributed by atoms with Crippen LogP contribution in [0.4, 0.5) is 5.69 Å². The third-order valence-electron chi connectivity index (χ3n) is 4.09. The van der Waals surface area contributed by atoms with Crippen molar-refractivity contribution in [1.82, 2.24) is 10.6 Å². The molecule has 0 aliphatic rings. The molecule has 0 bridgehead atoms.